The number of ether oxygens (including phenoxy) is 2. The van der Waals surface area contributed by atoms with Crippen LogP contribution in [-0.4, -0.2) is 64.7 Å². The summed E-state index contributed by atoms with van der Waals surface area (Å²) < 4.78 is 16.7. The van der Waals surface area contributed by atoms with Crippen LogP contribution in [0.1, 0.15) is 0 Å². The van der Waals surface area contributed by atoms with Crippen LogP contribution in [0.4, 0.5) is 0 Å². The van der Waals surface area contributed by atoms with E-state index in [0.717, 1.165) is 56.0 Å². The number of hydrogen-bond donors (Lipinski definition) is 3. The van der Waals surface area contributed by atoms with Gasteiger partial charge in [-0.1, -0.05) is 12.1 Å². The summed E-state index contributed by atoms with van der Waals surface area (Å²) in [6, 6.07) is 14.8. The molecule has 3 aromatic rings. The maximum absolute atomic E-state index is 12.5. The van der Waals surface area contributed by atoms with Crippen LogP contribution in [-0.2, 0) is 0 Å². The third kappa shape index (κ3) is 5.25. The maximum atomic E-state index is 12.5. The van der Waals surface area contributed by atoms with Crippen LogP contribution >= 0.6 is 0 Å². The summed E-state index contributed by atoms with van der Waals surface area (Å²) in [5, 5.41) is 9.91. The summed E-state index contributed by atoms with van der Waals surface area (Å²) in [7, 11) is 1.61. The van der Waals surface area contributed by atoms with Gasteiger partial charge < -0.3 is 28.8 Å². The highest BCUT2D eigenvalue weighted by Gasteiger charge is 2.22. The maximum Gasteiger partial charge on any atom is 0.344 e. The summed E-state index contributed by atoms with van der Waals surface area (Å²) in [6.07, 6.45) is 0. The van der Waals surface area contributed by atoms with Crippen molar-refractivity contribution < 1.29 is 28.8 Å². The van der Waals surface area contributed by atoms with Gasteiger partial charge in [-0.2, -0.15) is 0 Å². The Kier molecular flexibility index (Phi) is 6.86. The molecule has 1 aliphatic rings. The quantitative estimate of drug-likeness (QED) is 0.428. The van der Waals surface area contributed by atoms with Crippen molar-refractivity contribution >= 4 is 11.0 Å². The minimum absolute atomic E-state index is 0.257. The molecule has 4 rings (SSSR count). The Bertz CT molecular complexity index is 1060. The second-order valence-electron chi connectivity index (χ2n) is 7.95. The van der Waals surface area contributed by atoms with Crippen molar-refractivity contribution in [2.24, 2.45) is 0 Å². The Morgan fingerprint density at radius 3 is 2.29 bits per heavy atom. The number of hydrogen-bond acceptors (Lipinski definition) is 5. The molecule has 0 bridgehead atoms. The molecule has 0 atom stereocenters. The lowest BCUT2D eigenvalue weighted by atomic mass is 10.1. The van der Waals surface area contributed by atoms with E-state index in [9.17, 15) is 4.79 Å². The van der Waals surface area contributed by atoms with E-state index in [-0.39, 0.29) is 12.2 Å². The standard InChI is InChI=1S/C24H28N2O5/c1-29-20-5-2-18(3-6-20)22-16-19-4-7-21(17-23(19)31-24(22)28)30-15-13-26-10-8-25(9-11-26)12-14-27/h2-7,16-17,27H,8-15H2,1H3/p+2. The molecule has 164 valence electrons. The van der Waals surface area contributed by atoms with Gasteiger partial charge in [0.25, 0.3) is 0 Å². The third-order valence-corrected chi connectivity index (χ3v) is 5.96. The van der Waals surface area contributed by atoms with E-state index in [1.165, 1.54) is 9.80 Å². The topological polar surface area (TPSA) is 77.8 Å². The molecular formula is C24H30N2O5+2. The van der Waals surface area contributed by atoms with Gasteiger partial charge in [0.2, 0.25) is 0 Å². The van der Waals surface area contributed by atoms with Crippen LogP contribution in [0.3, 0.4) is 0 Å². The SMILES string of the molecule is COc1ccc(-c2cc3ccc(OCC[NH+]4CC[NH+](CCO)CC4)cc3oc2=O)cc1. The van der Waals surface area contributed by atoms with Gasteiger partial charge >= 0.3 is 5.63 Å². The first-order valence-corrected chi connectivity index (χ1v) is 10.8. The molecule has 3 N–H and O–H groups in total. The number of aliphatic hydroxyl groups is 1. The Morgan fingerprint density at radius 1 is 0.935 bits per heavy atom. The van der Waals surface area contributed by atoms with E-state index in [1.807, 2.05) is 42.5 Å². The van der Waals surface area contributed by atoms with Crippen LogP contribution in [0.15, 0.2) is 57.7 Å². The minimum atomic E-state index is -0.373. The molecule has 2 heterocycles. The zero-order chi connectivity index (χ0) is 21.6. The van der Waals surface area contributed by atoms with Crippen LogP contribution in [0.25, 0.3) is 22.1 Å². The van der Waals surface area contributed by atoms with E-state index in [4.69, 9.17) is 19.0 Å². The van der Waals surface area contributed by atoms with Crippen molar-refractivity contribution in [3.05, 3.63) is 59.0 Å². The second kappa shape index (κ2) is 9.96. The van der Waals surface area contributed by atoms with E-state index in [1.54, 1.807) is 13.2 Å². The molecule has 0 spiro atoms. The third-order valence-electron chi connectivity index (χ3n) is 5.96. The highest BCUT2D eigenvalue weighted by Crippen LogP contribution is 2.25. The number of benzene rings is 2. The molecule has 7 heteroatoms. The van der Waals surface area contributed by atoms with Gasteiger partial charge in [0.05, 0.1) is 19.3 Å². The molecule has 1 aromatic heterocycles. The number of rotatable bonds is 8. The predicted molar refractivity (Wildman–Crippen MR) is 118 cm³/mol. The van der Waals surface area contributed by atoms with Crippen LogP contribution < -0.4 is 24.9 Å². The molecule has 0 aliphatic carbocycles. The van der Waals surface area contributed by atoms with Gasteiger partial charge in [0, 0.05) is 11.5 Å². The van der Waals surface area contributed by atoms with Gasteiger partial charge in [-0.15, -0.1) is 0 Å². The number of aliphatic hydroxyl groups excluding tert-OH is 1. The van der Waals surface area contributed by atoms with Crippen molar-refractivity contribution in [3.63, 3.8) is 0 Å². The fraction of sp³-hybridized carbons (Fsp3) is 0.375. The summed E-state index contributed by atoms with van der Waals surface area (Å²) in [5.41, 5.74) is 1.46. The first-order valence-electron chi connectivity index (χ1n) is 10.8. The lowest BCUT2D eigenvalue weighted by Crippen LogP contribution is -3.28. The Labute approximate surface area is 181 Å². The fourth-order valence-electron chi connectivity index (χ4n) is 4.08. The first-order chi connectivity index (χ1) is 15.2. The Hall–Kier alpha value is -2.87. The molecule has 0 unspecified atom stereocenters. The van der Waals surface area contributed by atoms with E-state index < -0.39 is 0 Å². The van der Waals surface area contributed by atoms with Crippen LogP contribution in [0.2, 0.25) is 0 Å². The normalized spacial score (nSPS) is 18.8. The summed E-state index contributed by atoms with van der Waals surface area (Å²) in [5.74, 6) is 1.45. The monoisotopic (exact) mass is 426 g/mol. The van der Waals surface area contributed by atoms with Gasteiger partial charge in [0.1, 0.15) is 63.0 Å². The van der Waals surface area contributed by atoms with Gasteiger partial charge in [-0.05, 0) is 35.9 Å². The zero-order valence-electron chi connectivity index (χ0n) is 17.9. The molecular weight excluding hydrogens is 396 g/mol. The number of quaternary nitrogens is 2. The first kappa shape index (κ1) is 21.4. The van der Waals surface area contributed by atoms with Crippen molar-refractivity contribution in [2.45, 2.75) is 0 Å². The van der Waals surface area contributed by atoms with Crippen molar-refractivity contribution in [3.8, 4) is 22.6 Å². The van der Waals surface area contributed by atoms with Crippen LogP contribution in [0, 0.1) is 0 Å². The van der Waals surface area contributed by atoms with Crippen molar-refractivity contribution in [1.82, 2.24) is 0 Å². The largest absolute Gasteiger partial charge is 0.497 e. The number of fused-ring (bicyclic) bond motifs is 1. The van der Waals surface area contributed by atoms with Gasteiger partial charge in [-0.25, -0.2) is 4.79 Å². The zero-order valence-corrected chi connectivity index (χ0v) is 17.9. The highest BCUT2D eigenvalue weighted by atomic mass is 16.5. The van der Waals surface area contributed by atoms with Crippen LogP contribution in [0.5, 0.6) is 11.5 Å². The predicted octanol–water partition coefficient (Wildman–Crippen LogP) is -0.377. The Balaban J connectivity index is 1.39. The minimum Gasteiger partial charge on any atom is -0.497 e. The molecule has 31 heavy (non-hydrogen) atoms. The van der Waals surface area contributed by atoms with Crippen molar-refractivity contribution in [2.75, 3.05) is 59.6 Å². The summed E-state index contributed by atoms with van der Waals surface area (Å²) in [4.78, 5) is 15.5. The fourth-order valence-corrected chi connectivity index (χ4v) is 4.08. The molecule has 1 aliphatic heterocycles. The molecule has 1 saturated heterocycles. The smallest absolute Gasteiger partial charge is 0.344 e. The molecule has 0 saturated carbocycles. The number of methoxy groups -OCH3 is 1. The van der Waals surface area contributed by atoms with E-state index in [0.29, 0.717) is 23.5 Å². The number of piperazine rings is 1. The molecule has 2 aromatic carbocycles. The highest BCUT2D eigenvalue weighted by molar-refractivity contribution is 5.82. The average molecular weight is 427 g/mol. The van der Waals surface area contributed by atoms with Gasteiger partial charge in [0.15, 0.2) is 0 Å². The number of nitrogens with one attached hydrogen (secondary N) is 2. The molecule has 7 nitrogen and oxygen atoms in total. The summed E-state index contributed by atoms with van der Waals surface area (Å²) >= 11 is 0. The molecule has 0 radical (unpaired) electrons. The Morgan fingerprint density at radius 2 is 1.61 bits per heavy atom. The molecule has 0 amide bonds. The van der Waals surface area contributed by atoms with Gasteiger partial charge in [-0.3, -0.25) is 0 Å². The summed E-state index contributed by atoms with van der Waals surface area (Å²) in [6.45, 7) is 7.02. The molecule has 1 fully saturated rings. The lowest BCUT2D eigenvalue weighted by molar-refractivity contribution is -1.01. The van der Waals surface area contributed by atoms with E-state index in [2.05, 4.69) is 0 Å². The lowest BCUT2D eigenvalue weighted by Gasteiger charge is -2.29. The second-order valence-corrected chi connectivity index (χ2v) is 7.95. The van der Waals surface area contributed by atoms with Crippen molar-refractivity contribution in [1.29, 1.82) is 0 Å². The van der Waals surface area contributed by atoms with E-state index >= 15 is 0 Å². The average Bonchev–Trinajstić information content (AvgIpc) is 2.80.